The van der Waals surface area contributed by atoms with E-state index in [2.05, 4.69) is 4.99 Å². The summed E-state index contributed by atoms with van der Waals surface area (Å²) in [5, 5.41) is 7.92. The molecule has 0 bridgehead atoms. The van der Waals surface area contributed by atoms with E-state index in [9.17, 15) is 9.59 Å². The van der Waals surface area contributed by atoms with E-state index in [1.54, 1.807) is 48.5 Å². The monoisotopic (exact) mass is 329 g/mol. The molecule has 2 amide bonds. The molecule has 0 unspecified atom stereocenters. The number of guanidine groups is 1. The lowest BCUT2D eigenvalue weighted by molar-refractivity contribution is 0.0144. The van der Waals surface area contributed by atoms with Crippen LogP contribution in [0, 0.1) is 5.41 Å². The van der Waals surface area contributed by atoms with Gasteiger partial charge in [0, 0.05) is 6.42 Å². The Labute approximate surface area is 137 Å². The summed E-state index contributed by atoms with van der Waals surface area (Å²) in [6.07, 6.45) is -1.67. The molecule has 0 aromatic rings. The van der Waals surface area contributed by atoms with Gasteiger partial charge in [0.25, 0.3) is 0 Å². The van der Waals surface area contributed by atoms with Crippen molar-refractivity contribution in [1.29, 1.82) is 5.41 Å². The van der Waals surface area contributed by atoms with Gasteiger partial charge in [0.15, 0.2) is 5.90 Å². The summed E-state index contributed by atoms with van der Waals surface area (Å²) in [4.78, 5) is 28.7. The molecule has 0 fully saturated rings. The fourth-order valence-corrected chi connectivity index (χ4v) is 1.30. The Bertz CT molecular complexity index is 452. The minimum atomic E-state index is -1.04. The number of nitrogens with zero attached hydrogens (tertiary/aromatic N) is 2. The summed E-state index contributed by atoms with van der Waals surface area (Å²) < 4.78 is 15.2. The maximum absolute atomic E-state index is 12.2. The van der Waals surface area contributed by atoms with Crippen LogP contribution >= 0.6 is 0 Å². The lowest BCUT2D eigenvalue weighted by atomic mass is 10.2. The summed E-state index contributed by atoms with van der Waals surface area (Å²) in [5.74, 6) is -0.431. The second-order valence-corrected chi connectivity index (χ2v) is 6.68. The Morgan fingerprint density at radius 2 is 1.39 bits per heavy atom. The summed E-state index contributed by atoms with van der Waals surface area (Å²) in [6, 6.07) is 0. The molecule has 0 saturated heterocycles. The van der Waals surface area contributed by atoms with Crippen LogP contribution in [0.15, 0.2) is 4.99 Å². The zero-order valence-electron chi connectivity index (χ0n) is 15.1. The van der Waals surface area contributed by atoms with Gasteiger partial charge in [-0.1, -0.05) is 6.92 Å². The molecule has 8 nitrogen and oxygen atoms in total. The molecule has 0 aliphatic carbocycles. The van der Waals surface area contributed by atoms with Crippen molar-refractivity contribution in [2.45, 2.75) is 66.1 Å². The van der Waals surface area contributed by atoms with Gasteiger partial charge in [0.2, 0.25) is 5.96 Å². The van der Waals surface area contributed by atoms with Crippen LogP contribution in [0.3, 0.4) is 0 Å². The predicted molar refractivity (Wildman–Crippen MR) is 86.8 cm³/mol. The number of amides is 2. The van der Waals surface area contributed by atoms with Crippen LogP contribution in [0.4, 0.5) is 9.59 Å². The number of ether oxygens (including phenoxy) is 3. The Morgan fingerprint density at radius 1 is 1.00 bits per heavy atom. The van der Waals surface area contributed by atoms with E-state index in [-0.39, 0.29) is 5.90 Å². The number of nitrogens with one attached hydrogen (secondary N) is 1. The van der Waals surface area contributed by atoms with Crippen LogP contribution in [-0.4, -0.2) is 47.3 Å². The minimum Gasteiger partial charge on any atom is -0.484 e. The highest BCUT2D eigenvalue weighted by atomic mass is 16.6. The van der Waals surface area contributed by atoms with Crippen LogP contribution in [0.25, 0.3) is 0 Å². The number of carbonyl (C=O) groups is 2. The molecule has 23 heavy (non-hydrogen) atoms. The third kappa shape index (κ3) is 8.18. The number of methoxy groups -OCH3 is 1. The van der Waals surface area contributed by atoms with Gasteiger partial charge in [-0.2, -0.15) is 4.99 Å². The van der Waals surface area contributed by atoms with Gasteiger partial charge in [-0.25, -0.2) is 9.59 Å². The van der Waals surface area contributed by atoms with E-state index in [1.807, 2.05) is 0 Å². The van der Waals surface area contributed by atoms with E-state index in [0.29, 0.717) is 11.3 Å². The normalized spacial score (nSPS) is 12.4. The first kappa shape index (κ1) is 20.9. The highest BCUT2D eigenvalue weighted by Crippen LogP contribution is 2.15. The third-order valence-electron chi connectivity index (χ3n) is 2.13. The first-order valence-electron chi connectivity index (χ1n) is 7.27. The van der Waals surface area contributed by atoms with Gasteiger partial charge in [-0.3, -0.25) is 5.41 Å². The van der Waals surface area contributed by atoms with Gasteiger partial charge < -0.3 is 14.2 Å². The van der Waals surface area contributed by atoms with Crippen molar-refractivity contribution in [1.82, 2.24) is 4.90 Å². The van der Waals surface area contributed by atoms with Crippen molar-refractivity contribution in [3.8, 4) is 0 Å². The number of aliphatic imine (C=N–C) groups is 1. The van der Waals surface area contributed by atoms with Crippen LogP contribution in [-0.2, 0) is 14.2 Å². The Morgan fingerprint density at radius 3 is 1.65 bits per heavy atom. The number of hydrogen-bond donors (Lipinski definition) is 1. The van der Waals surface area contributed by atoms with E-state index in [0.717, 1.165) is 0 Å². The average molecular weight is 329 g/mol. The zero-order chi connectivity index (χ0) is 18.4. The zero-order valence-corrected chi connectivity index (χ0v) is 15.1. The Kier molecular flexibility index (Phi) is 7.21. The van der Waals surface area contributed by atoms with Crippen LogP contribution in [0.2, 0.25) is 0 Å². The van der Waals surface area contributed by atoms with E-state index in [4.69, 9.17) is 19.6 Å². The molecule has 0 aliphatic heterocycles. The number of hydrogen-bond acceptors (Lipinski definition) is 6. The molecule has 0 spiro atoms. The SMILES string of the molecule is CCC(=NC(=N)N(C(=O)OC(C)(C)C)C(=O)OC(C)(C)C)OC. The van der Waals surface area contributed by atoms with E-state index >= 15 is 0 Å². The predicted octanol–water partition coefficient (Wildman–Crippen LogP) is 3.55. The van der Waals surface area contributed by atoms with Crippen LogP contribution in [0.1, 0.15) is 54.9 Å². The summed E-state index contributed by atoms with van der Waals surface area (Å²) in [6.45, 7) is 11.7. The maximum atomic E-state index is 12.2. The standard InChI is InChI=1S/C15H27N3O5/c1-9-10(21-8)17-11(16)18(12(19)22-14(2,3)4)13(20)23-15(5,6)7/h16H,9H2,1-8H3. The summed E-state index contributed by atoms with van der Waals surface area (Å²) >= 11 is 0. The summed E-state index contributed by atoms with van der Waals surface area (Å²) in [5.41, 5.74) is -1.67. The molecule has 0 aromatic heterocycles. The lowest BCUT2D eigenvalue weighted by Crippen LogP contribution is -2.46. The molecule has 0 saturated carbocycles. The van der Waals surface area contributed by atoms with Gasteiger partial charge in [-0.15, -0.1) is 4.90 Å². The fourth-order valence-electron chi connectivity index (χ4n) is 1.30. The second kappa shape index (κ2) is 7.94. The molecule has 132 valence electrons. The molecule has 8 heteroatoms. The van der Waals surface area contributed by atoms with Crippen molar-refractivity contribution in [3.63, 3.8) is 0 Å². The lowest BCUT2D eigenvalue weighted by Gasteiger charge is -2.27. The van der Waals surface area contributed by atoms with E-state index < -0.39 is 29.3 Å². The molecular formula is C15H27N3O5. The molecule has 0 rings (SSSR count). The molecular weight excluding hydrogens is 302 g/mol. The van der Waals surface area contributed by atoms with Crippen molar-refractivity contribution in [3.05, 3.63) is 0 Å². The maximum Gasteiger partial charge on any atom is 0.427 e. The quantitative estimate of drug-likeness (QED) is 0.585. The Balaban J connectivity index is 5.54. The molecule has 0 atom stereocenters. The largest absolute Gasteiger partial charge is 0.484 e. The van der Waals surface area contributed by atoms with Crippen molar-refractivity contribution in [2.24, 2.45) is 4.99 Å². The first-order chi connectivity index (χ1) is 10.3. The van der Waals surface area contributed by atoms with Gasteiger partial charge in [-0.05, 0) is 41.5 Å². The minimum absolute atomic E-state index is 0.201. The summed E-state index contributed by atoms with van der Waals surface area (Å²) in [7, 11) is 1.39. The molecule has 0 aromatic carbocycles. The highest BCUT2D eigenvalue weighted by Gasteiger charge is 2.34. The van der Waals surface area contributed by atoms with Gasteiger partial charge >= 0.3 is 12.2 Å². The average Bonchev–Trinajstić information content (AvgIpc) is 2.31. The van der Waals surface area contributed by atoms with Crippen molar-refractivity contribution < 1.29 is 23.8 Å². The smallest absolute Gasteiger partial charge is 0.427 e. The number of rotatable bonds is 1. The second-order valence-electron chi connectivity index (χ2n) is 6.68. The van der Waals surface area contributed by atoms with Crippen molar-refractivity contribution >= 4 is 24.0 Å². The fraction of sp³-hybridized carbons (Fsp3) is 0.733. The van der Waals surface area contributed by atoms with Gasteiger partial charge in [0.1, 0.15) is 11.2 Å². The van der Waals surface area contributed by atoms with Crippen LogP contribution in [0.5, 0.6) is 0 Å². The molecule has 0 aliphatic rings. The third-order valence-corrected chi connectivity index (χ3v) is 2.13. The van der Waals surface area contributed by atoms with Crippen LogP contribution < -0.4 is 0 Å². The van der Waals surface area contributed by atoms with E-state index in [1.165, 1.54) is 7.11 Å². The number of carbonyl (C=O) groups excluding carboxylic acids is 2. The molecule has 0 radical (unpaired) electrons. The van der Waals surface area contributed by atoms with Crippen molar-refractivity contribution in [2.75, 3.05) is 7.11 Å². The Hall–Kier alpha value is -2.12. The highest BCUT2D eigenvalue weighted by molar-refractivity contribution is 6.09. The molecule has 0 heterocycles. The first-order valence-corrected chi connectivity index (χ1v) is 7.27. The molecule has 1 N–H and O–H groups in total. The van der Waals surface area contributed by atoms with Gasteiger partial charge in [0.05, 0.1) is 7.11 Å². The topological polar surface area (TPSA) is 101 Å². The number of imide groups is 1.